The first-order valence-corrected chi connectivity index (χ1v) is 5.63. The van der Waals surface area contributed by atoms with E-state index in [1.165, 1.54) is 18.4 Å². The number of aliphatic hydroxyl groups is 1. The maximum atomic E-state index is 9.47. The minimum Gasteiger partial charge on any atom is -0.386 e. The predicted octanol–water partition coefficient (Wildman–Crippen LogP) is 2.39. The van der Waals surface area contributed by atoms with Gasteiger partial charge in [0.25, 0.3) is 0 Å². The first-order chi connectivity index (χ1) is 6.31. The molecule has 0 saturated heterocycles. The fraction of sp³-hybridized carbons (Fsp3) is 0.500. The minimum absolute atomic E-state index is 0.478. The smallest absolute Gasteiger partial charge is 0.106 e. The molecule has 13 heavy (non-hydrogen) atoms. The lowest BCUT2D eigenvalue weighted by Gasteiger charge is -2.06. The minimum atomic E-state index is -0.478. The number of aromatic nitrogens is 1. The highest BCUT2D eigenvalue weighted by Gasteiger charge is 2.23. The molecule has 1 aromatic rings. The van der Waals surface area contributed by atoms with Crippen molar-refractivity contribution >= 4 is 15.9 Å². The standard InChI is InChI=1S/C10H12BrNO/c11-5-10(13)9-4-3-8(6-12-9)7-1-2-7/h3-4,6-7,10,13H,1-2,5H2. The number of aliphatic hydroxyl groups excluding tert-OH is 1. The molecule has 1 N–H and O–H groups in total. The number of alkyl halides is 1. The van der Waals surface area contributed by atoms with Gasteiger partial charge in [0.05, 0.1) is 5.69 Å². The molecule has 1 atom stereocenters. The van der Waals surface area contributed by atoms with Crippen LogP contribution >= 0.6 is 15.9 Å². The summed E-state index contributed by atoms with van der Waals surface area (Å²) in [4.78, 5) is 4.23. The van der Waals surface area contributed by atoms with Crippen molar-refractivity contribution in [1.82, 2.24) is 4.98 Å². The zero-order chi connectivity index (χ0) is 9.26. The zero-order valence-corrected chi connectivity index (χ0v) is 8.87. The van der Waals surface area contributed by atoms with Gasteiger partial charge in [-0.15, -0.1) is 0 Å². The predicted molar refractivity (Wildman–Crippen MR) is 55.0 cm³/mol. The van der Waals surface area contributed by atoms with Gasteiger partial charge >= 0.3 is 0 Å². The molecular weight excluding hydrogens is 230 g/mol. The van der Waals surface area contributed by atoms with Crippen molar-refractivity contribution < 1.29 is 5.11 Å². The number of hydrogen-bond donors (Lipinski definition) is 1. The zero-order valence-electron chi connectivity index (χ0n) is 7.28. The fourth-order valence-corrected chi connectivity index (χ4v) is 1.68. The second-order valence-electron chi connectivity index (χ2n) is 3.46. The largest absolute Gasteiger partial charge is 0.386 e. The number of pyridine rings is 1. The SMILES string of the molecule is OC(CBr)c1ccc(C2CC2)cn1. The number of hydrogen-bond acceptors (Lipinski definition) is 2. The Kier molecular flexibility index (Phi) is 2.65. The number of rotatable bonds is 3. The van der Waals surface area contributed by atoms with E-state index in [1.54, 1.807) is 0 Å². The van der Waals surface area contributed by atoms with E-state index < -0.39 is 6.10 Å². The van der Waals surface area contributed by atoms with Crippen LogP contribution in [0.5, 0.6) is 0 Å². The summed E-state index contributed by atoms with van der Waals surface area (Å²) < 4.78 is 0. The first kappa shape index (κ1) is 9.16. The van der Waals surface area contributed by atoms with Gasteiger partial charge < -0.3 is 5.11 Å². The Balaban J connectivity index is 2.12. The Labute approximate surface area is 86.1 Å². The summed E-state index contributed by atoms with van der Waals surface area (Å²) in [5, 5.41) is 10.0. The van der Waals surface area contributed by atoms with Gasteiger partial charge in [0.15, 0.2) is 0 Å². The summed E-state index contributed by atoms with van der Waals surface area (Å²) in [5.41, 5.74) is 2.06. The van der Waals surface area contributed by atoms with Gasteiger partial charge in [-0.1, -0.05) is 22.0 Å². The molecule has 70 valence electrons. The molecule has 1 saturated carbocycles. The van der Waals surface area contributed by atoms with Crippen LogP contribution in [-0.2, 0) is 0 Å². The number of halogens is 1. The van der Waals surface area contributed by atoms with Crippen molar-refractivity contribution in [3.63, 3.8) is 0 Å². The van der Waals surface area contributed by atoms with Crippen molar-refractivity contribution in [2.75, 3.05) is 5.33 Å². The average molecular weight is 242 g/mol. The van der Waals surface area contributed by atoms with E-state index in [9.17, 15) is 5.11 Å². The van der Waals surface area contributed by atoms with Gasteiger partial charge in [-0.2, -0.15) is 0 Å². The molecular formula is C10H12BrNO. The molecule has 0 aliphatic heterocycles. The van der Waals surface area contributed by atoms with Crippen LogP contribution in [0.4, 0.5) is 0 Å². The van der Waals surface area contributed by atoms with Gasteiger partial charge in [-0.05, 0) is 30.4 Å². The van der Waals surface area contributed by atoms with Crippen molar-refractivity contribution in [2.45, 2.75) is 24.9 Å². The van der Waals surface area contributed by atoms with Crippen LogP contribution in [0, 0.1) is 0 Å². The lowest BCUT2D eigenvalue weighted by Crippen LogP contribution is -2.01. The van der Waals surface area contributed by atoms with Crippen LogP contribution in [0.1, 0.15) is 36.1 Å². The monoisotopic (exact) mass is 241 g/mol. The number of nitrogens with zero attached hydrogens (tertiary/aromatic N) is 1. The second kappa shape index (κ2) is 3.76. The fourth-order valence-electron chi connectivity index (χ4n) is 1.35. The van der Waals surface area contributed by atoms with Gasteiger partial charge in [-0.25, -0.2) is 0 Å². The third-order valence-electron chi connectivity index (χ3n) is 2.35. The van der Waals surface area contributed by atoms with Crippen molar-refractivity contribution in [3.05, 3.63) is 29.6 Å². The van der Waals surface area contributed by atoms with Crippen LogP contribution < -0.4 is 0 Å². The molecule has 3 heteroatoms. The first-order valence-electron chi connectivity index (χ1n) is 4.51. The Hall–Kier alpha value is -0.410. The lowest BCUT2D eigenvalue weighted by molar-refractivity contribution is 0.200. The van der Waals surface area contributed by atoms with Gasteiger partial charge in [0.1, 0.15) is 6.10 Å². The third-order valence-corrected chi connectivity index (χ3v) is 2.96. The topological polar surface area (TPSA) is 33.1 Å². The summed E-state index contributed by atoms with van der Waals surface area (Å²) in [6, 6.07) is 3.99. The Bertz CT molecular complexity index is 281. The molecule has 0 bridgehead atoms. The molecule has 1 unspecified atom stereocenters. The highest BCUT2D eigenvalue weighted by molar-refractivity contribution is 9.09. The van der Waals surface area contributed by atoms with E-state index in [4.69, 9.17) is 0 Å². The third kappa shape index (κ3) is 2.09. The lowest BCUT2D eigenvalue weighted by atomic mass is 10.1. The Morgan fingerprint density at radius 3 is 2.77 bits per heavy atom. The molecule has 0 radical (unpaired) electrons. The van der Waals surface area contributed by atoms with Gasteiger partial charge in [0, 0.05) is 11.5 Å². The van der Waals surface area contributed by atoms with Crippen LogP contribution in [0.2, 0.25) is 0 Å². The molecule has 0 aromatic carbocycles. The molecule has 0 amide bonds. The summed E-state index contributed by atoms with van der Waals surface area (Å²) >= 11 is 3.22. The van der Waals surface area contributed by atoms with E-state index in [-0.39, 0.29) is 0 Å². The van der Waals surface area contributed by atoms with Crippen LogP contribution in [-0.4, -0.2) is 15.4 Å². The Morgan fingerprint density at radius 2 is 2.31 bits per heavy atom. The van der Waals surface area contributed by atoms with Crippen LogP contribution in [0.15, 0.2) is 18.3 Å². The van der Waals surface area contributed by atoms with E-state index in [2.05, 4.69) is 27.0 Å². The van der Waals surface area contributed by atoms with E-state index >= 15 is 0 Å². The molecule has 1 aliphatic rings. The quantitative estimate of drug-likeness (QED) is 0.825. The Morgan fingerprint density at radius 1 is 1.54 bits per heavy atom. The summed E-state index contributed by atoms with van der Waals surface area (Å²) in [6.07, 6.45) is 4.00. The molecule has 2 nitrogen and oxygen atoms in total. The molecule has 1 fully saturated rings. The van der Waals surface area contributed by atoms with E-state index in [0.717, 1.165) is 11.6 Å². The normalized spacial score (nSPS) is 18.6. The molecule has 1 heterocycles. The molecule has 1 aromatic heterocycles. The molecule has 0 spiro atoms. The van der Waals surface area contributed by atoms with Crippen molar-refractivity contribution in [1.29, 1.82) is 0 Å². The molecule has 1 aliphatic carbocycles. The molecule has 2 rings (SSSR count). The summed E-state index contributed by atoms with van der Waals surface area (Å²) in [5.74, 6) is 0.739. The van der Waals surface area contributed by atoms with Crippen LogP contribution in [0.25, 0.3) is 0 Å². The van der Waals surface area contributed by atoms with Gasteiger partial charge in [-0.3, -0.25) is 4.98 Å². The van der Waals surface area contributed by atoms with E-state index in [0.29, 0.717) is 5.33 Å². The van der Waals surface area contributed by atoms with E-state index in [1.807, 2.05) is 12.3 Å². The van der Waals surface area contributed by atoms with Crippen molar-refractivity contribution in [3.8, 4) is 0 Å². The van der Waals surface area contributed by atoms with Crippen molar-refractivity contribution in [2.24, 2.45) is 0 Å². The maximum Gasteiger partial charge on any atom is 0.106 e. The van der Waals surface area contributed by atoms with Crippen LogP contribution in [0.3, 0.4) is 0 Å². The maximum absolute atomic E-state index is 9.47. The highest BCUT2D eigenvalue weighted by Crippen LogP contribution is 2.39. The average Bonchev–Trinajstić information content (AvgIpc) is 3.00. The second-order valence-corrected chi connectivity index (χ2v) is 4.11. The summed E-state index contributed by atoms with van der Waals surface area (Å²) in [6.45, 7) is 0. The van der Waals surface area contributed by atoms with Gasteiger partial charge in [0.2, 0.25) is 0 Å². The highest BCUT2D eigenvalue weighted by atomic mass is 79.9. The summed E-state index contributed by atoms with van der Waals surface area (Å²) in [7, 11) is 0.